The number of carbonyl (C=O) groups is 1. The molecule has 2 aromatic rings. The van der Waals surface area contributed by atoms with E-state index in [2.05, 4.69) is 10.4 Å². The molecule has 1 aromatic carbocycles. The molecule has 4 heteroatoms. The fourth-order valence-electron chi connectivity index (χ4n) is 1.77. The third kappa shape index (κ3) is 2.42. The van der Waals surface area contributed by atoms with Crippen molar-refractivity contribution in [2.45, 2.75) is 6.42 Å². The lowest BCUT2D eigenvalue weighted by atomic mass is 10.2. The van der Waals surface area contributed by atoms with E-state index in [1.54, 1.807) is 6.20 Å². The number of rotatable bonds is 5. The zero-order valence-electron chi connectivity index (χ0n) is 9.76. The molecule has 0 amide bonds. The second kappa shape index (κ2) is 5.41. The molecule has 1 heterocycles. The van der Waals surface area contributed by atoms with Gasteiger partial charge in [-0.2, -0.15) is 5.10 Å². The molecule has 17 heavy (non-hydrogen) atoms. The van der Waals surface area contributed by atoms with Crippen LogP contribution in [-0.4, -0.2) is 29.7 Å². The van der Waals surface area contributed by atoms with Crippen LogP contribution >= 0.6 is 0 Å². The van der Waals surface area contributed by atoms with Crippen molar-refractivity contribution in [1.82, 2.24) is 15.1 Å². The van der Waals surface area contributed by atoms with E-state index in [1.165, 1.54) is 0 Å². The van der Waals surface area contributed by atoms with Crippen molar-refractivity contribution in [3.63, 3.8) is 0 Å². The average Bonchev–Trinajstić information content (AvgIpc) is 2.80. The first kappa shape index (κ1) is 11.5. The molecule has 1 aromatic heterocycles. The van der Waals surface area contributed by atoms with Crippen molar-refractivity contribution in [2.24, 2.45) is 0 Å². The van der Waals surface area contributed by atoms with Crippen LogP contribution in [0, 0.1) is 0 Å². The first-order valence-corrected chi connectivity index (χ1v) is 5.59. The first-order valence-electron chi connectivity index (χ1n) is 5.59. The highest BCUT2D eigenvalue weighted by Crippen LogP contribution is 2.13. The van der Waals surface area contributed by atoms with E-state index in [0.29, 0.717) is 5.56 Å². The molecule has 0 atom stereocenters. The van der Waals surface area contributed by atoms with Crippen molar-refractivity contribution < 1.29 is 4.79 Å². The number of carbonyl (C=O) groups excluding carboxylic acids is 1. The SMILES string of the molecule is CNCCc1c(C=O)cnn1-c1ccccc1. The number of likely N-dealkylation sites (N-methyl/N-ethyl adjacent to an activating group) is 1. The average molecular weight is 229 g/mol. The van der Waals surface area contributed by atoms with E-state index < -0.39 is 0 Å². The van der Waals surface area contributed by atoms with Crippen LogP contribution in [0.15, 0.2) is 36.5 Å². The molecule has 0 aliphatic rings. The third-order valence-corrected chi connectivity index (χ3v) is 2.64. The summed E-state index contributed by atoms with van der Waals surface area (Å²) in [5.41, 5.74) is 2.58. The van der Waals surface area contributed by atoms with E-state index in [1.807, 2.05) is 42.1 Å². The summed E-state index contributed by atoms with van der Waals surface area (Å²) in [6.07, 6.45) is 3.25. The minimum atomic E-state index is 0.657. The fourth-order valence-corrected chi connectivity index (χ4v) is 1.77. The van der Waals surface area contributed by atoms with Gasteiger partial charge in [-0.3, -0.25) is 4.79 Å². The van der Waals surface area contributed by atoms with Crippen molar-refractivity contribution in [3.8, 4) is 5.69 Å². The smallest absolute Gasteiger partial charge is 0.153 e. The molecule has 0 fully saturated rings. The van der Waals surface area contributed by atoms with Gasteiger partial charge in [0.2, 0.25) is 0 Å². The van der Waals surface area contributed by atoms with Gasteiger partial charge in [0.1, 0.15) is 0 Å². The Labute approximate surface area is 100 Å². The monoisotopic (exact) mass is 229 g/mol. The fraction of sp³-hybridized carbons (Fsp3) is 0.231. The number of aromatic nitrogens is 2. The second-order valence-corrected chi connectivity index (χ2v) is 3.77. The number of hydrogen-bond donors (Lipinski definition) is 1. The molecule has 0 bridgehead atoms. The number of para-hydroxylation sites is 1. The molecule has 88 valence electrons. The molecule has 0 radical (unpaired) electrons. The quantitative estimate of drug-likeness (QED) is 0.789. The van der Waals surface area contributed by atoms with Crippen LogP contribution in [-0.2, 0) is 6.42 Å². The normalized spacial score (nSPS) is 10.4. The summed E-state index contributed by atoms with van der Waals surface area (Å²) in [5.74, 6) is 0. The highest BCUT2D eigenvalue weighted by atomic mass is 16.1. The third-order valence-electron chi connectivity index (χ3n) is 2.64. The van der Waals surface area contributed by atoms with Crippen molar-refractivity contribution in [3.05, 3.63) is 47.8 Å². The van der Waals surface area contributed by atoms with Gasteiger partial charge in [0.05, 0.1) is 23.1 Å². The Kier molecular flexibility index (Phi) is 3.67. The van der Waals surface area contributed by atoms with Gasteiger partial charge >= 0.3 is 0 Å². The summed E-state index contributed by atoms with van der Waals surface area (Å²) in [7, 11) is 1.89. The van der Waals surface area contributed by atoms with Crippen LogP contribution in [0.1, 0.15) is 16.1 Å². The Bertz CT molecular complexity index is 491. The van der Waals surface area contributed by atoms with E-state index in [0.717, 1.165) is 30.6 Å². The highest BCUT2D eigenvalue weighted by Gasteiger charge is 2.10. The van der Waals surface area contributed by atoms with Gasteiger partial charge < -0.3 is 5.32 Å². The highest BCUT2D eigenvalue weighted by molar-refractivity contribution is 5.76. The Morgan fingerprint density at radius 1 is 1.35 bits per heavy atom. The summed E-state index contributed by atoms with van der Waals surface area (Å²) < 4.78 is 1.82. The van der Waals surface area contributed by atoms with Gasteiger partial charge in [0.15, 0.2) is 6.29 Å². The molecule has 0 aliphatic heterocycles. The van der Waals surface area contributed by atoms with Gasteiger partial charge in [0.25, 0.3) is 0 Å². The Hall–Kier alpha value is -1.94. The van der Waals surface area contributed by atoms with Gasteiger partial charge in [-0.15, -0.1) is 0 Å². The zero-order chi connectivity index (χ0) is 12.1. The maximum atomic E-state index is 11.0. The van der Waals surface area contributed by atoms with Gasteiger partial charge in [0, 0.05) is 13.0 Å². The van der Waals surface area contributed by atoms with Crippen LogP contribution in [0.4, 0.5) is 0 Å². The molecule has 4 nitrogen and oxygen atoms in total. The molecule has 0 saturated carbocycles. The zero-order valence-corrected chi connectivity index (χ0v) is 9.76. The summed E-state index contributed by atoms with van der Waals surface area (Å²) in [4.78, 5) is 11.0. The molecule has 0 aliphatic carbocycles. The lowest BCUT2D eigenvalue weighted by Gasteiger charge is -2.07. The molecule has 2 rings (SSSR count). The van der Waals surface area contributed by atoms with E-state index in [4.69, 9.17) is 0 Å². The largest absolute Gasteiger partial charge is 0.319 e. The molecule has 0 saturated heterocycles. The lowest BCUT2D eigenvalue weighted by molar-refractivity contribution is 0.112. The summed E-state index contributed by atoms with van der Waals surface area (Å²) in [6.45, 7) is 0.819. The maximum absolute atomic E-state index is 11.0. The summed E-state index contributed by atoms with van der Waals surface area (Å²) in [6, 6.07) is 9.83. The van der Waals surface area contributed by atoms with Crippen LogP contribution < -0.4 is 5.32 Å². The Morgan fingerprint density at radius 3 is 2.76 bits per heavy atom. The number of nitrogens with one attached hydrogen (secondary N) is 1. The second-order valence-electron chi connectivity index (χ2n) is 3.77. The van der Waals surface area contributed by atoms with Crippen LogP contribution in [0.2, 0.25) is 0 Å². The van der Waals surface area contributed by atoms with E-state index in [-0.39, 0.29) is 0 Å². The van der Waals surface area contributed by atoms with Crippen LogP contribution in [0.3, 0.4) is 0 Å². The molecule has 1 N–H and O–H groups in total. The molecule has 0 unspecified atom stereocenters. The van der Waals surface area contributed by atoms with Gasteiger partial charge in [-0.1, -0.05) is 18.2 Å². The summed E-state index contributed by atoms with van der Waals surface area (Å²) in [5, 5.41) is 7.35. The lowest BCUT2D eigenvalue weighted by Crippen LogP contribution is -2.14. The van der Waals surface area contributed by atoms with Crippen LogP contribution in [0.5, 0.6) is 0 Å². The Morgan fingerprint density at radius 2 is 2.12 bits per heavy atom. The predicted molar refractivity (Wildman–Crippen MR) is 66.6 cm³/mol. The first-order chi connectivity index (χ1) is 8.36. The van der Waals surface area contributed by atoms with Crippen molar-refractivity contribution in [2.75, 3.05) is 13.6 Å². The predicted octanol–water partition coefficient (Wildman–Crippen LogP) is 1.45. The van der Waals surface area contributed by atoms with Crippen molar-refractivity contribution in [1.29, 1.82) is 0 Å². The minimum absolute atomic E-state index is 0.657. The van der Waals surface area contributed by atoms with Gasteiger partial charge in [-0.25, -0.2) is 4.68 Å². The topological polar surface area (TPSA) is 46.9 Å². The number of hydrogen-bond acceptors (Lipinski definition) is 3. The molecular formula is C13H15N3O. The van der Waals surface area contributed by atoms with Crippen molar-refractivity contribution >= 4 is 6.29 Å². The minimum Gasteiger partial charge on any atom is -0.319 e. The number of aldehydes is 1. The standard InChI is InChI=1S/C13H15N3O/c1-14-8-7-13-11(10-17)9-15-16(13)12-5-3-2-4-6-12/h2-6,9-10,14H,7-8H2,1H3. The molecular weight excluding hydrogens is 214 g/mol. The van der Waals surface area contributed by atoms with E-state index in [9.17, 15) is 4.79 Å². The van der Waals surface area contributed by atoms with Gasteiger partial charge in [-0.05, 0) is 19.2 Å². The van der Waals surface area contributed by atoms with E-state index >= 15 is 0 Å². The summed E-state index contributed by atoms with van der Waals surface area (Å²) >= 11 is 0. The maximum Gasteiger partial charge on any atom is 0.153 e. The number of nitrogens with zero attached hydrogens (tertiary/aromatic N) is 2. The Balaban J connectivity index is 2.40. The number of benzene rings is 1. The van der Waals surface area contributed by atoms with Crippen LogP contribution in [0.25, 0.3) is 5.69 Å². The molecule has 0 spiro atoms.